The molecule has 2 nitrogen and oxygen atoms in total. The topological polar surface area (TPSA) is 0 Å². The molecule has 0 aliphatic carbocycles. The minimum atomic E-state index is 1.37. The van der Waals surface area contributed by atoms with Crippen LogP contribution in [0.15, 0.2) is 0 Å². The van der Waals surface area contributed by atoms with Crippen LogP contribution in [0.4, 0.5) is 0 Å². The zero-order valence-electron chi connectivity index (χ0n) is 36.6. The SMILES string of the molecule is CCCCCC[N+](CCCCCC)(CCCCCC)CCCCCCCCCCCC[N+](CCCCCC)(CCCCCC)CCCCCC. The molecule has 50 heavy (non-hydrogen) atoms. The van der Waals surface area contributed by atoms with Crippen molar-refractivity contribution in [2.75, 3.05) is 52.4 Å². The number of rotatable bonds is 43. The smallest absolute Gasteiger partial charge is 0.0786 e. The summed E-state index contributed by atoms with van der Waals surface area (Å²) >= 11 is 0. The molecule has 0 aliphatic rings. The first-order valence-electron chi connectivity index (χ1n) is 24.3. The van der Waals surface area contributed by atoms with Crippen molar-refractivity contribution >= 4 is 0 Å². The van der Waals surface area contributed by atoms with Crippen LogP contribution in [0.2, 0.25) is 0 Å². The van der Waals surface area contributed by atoms with Gasteiger partial charge in [-0.2, -0.15) is 0 Å². The molecule has 0 aromatic carbocycles. The number of quaternary nitrogens is 2. The maximum absolute atomic E-state index is 2.37. The van der Waals surface area contributed by atoms with Crippen molar-refractivity contribution < 1.29 is 8.97 Å². The van der Waals surface area contributed by atoms with E-state index in [1.807, 2.05) is 0 Å². The summed E-state index contributed by atoms with van der Waals surface area (Å²) in [5, 5.41) is 0. The van der Waals surface area contributed by atoms with Crippen LogP contribution in [0.3, 0.4) is 0 Å². The second-order valence-electron chi connectivity index (χ2n) is 17.4. The monoisotopic (exact) mass is 707 g/mol. The normalized spacial score (nSPS) is 12.4. The Balaban J connectivity index is 4.63. The molecule has 0 heterocycles. The Kier molecular flexibility index (Phi) is 38.6. The Morgan fingerprint density at radius 3 is 0.420 bits per heavy atom. The average molecular weight is 707 g/mol. The fraction of sp³-hybridized carbons (Fsp3) is 1.00. The lowest BCUT2D eigenvalue weighted by atomic mass is 10.0. The molecule has 0 fully saturated rings. The second kappa shape index (κ2) is 38.6. The van der Waals surface area contributed by atoms with E-state index in [1.54, 1.807) is 0 Å². The van der Waals surface area contributed by atoms with E-state index in [4.69, 9.17) is 0 Å². The average Bonchev–Trinajstić information content (AvgIpc) is 3.13. The van der Waals surface area contributed by atoms with E-state index in [0.29, 0.717) is 0 Å². The molecule has 0 aromatic rings. The van der Waals surface area contributed by atoms with Gasteiger partial charge in [-0.1, -0.05) is 157 Å². The van der Waals surface area contributed by atoms with Crippen molar-refractivity contribution in [1.82, 2.24) is 0 Å². The Morgan fingerprint density at radius 2 is 0.280 bits per heavy atom. The lowest BCUT2D eigenvalue weighted by Crippen LogP contribution is -2.50. The predicted octanol–water partition coefficient (Wildman–Crippen LogP) is 16.0. The quantitative estimate of drug-likeness (QED) is 0.0437. The summed E-state index contributed by atoms with van der Waals surface area (Å²) in [6.45, 7) is 25.9. The predicted molar refractivity (Wildman–Crippen MR) is 230 cm³/mol. The van der Waals surface area contributed by atoms with Gasteiger partial charge in [-0.15, -0.1) is 0 Å². The van der Waals surface area contributed by atoms with Gasteiger partial charge in [0, 0.05) is 0 Å². The van der Waals surface area contributed by atoms with Gasteiger partial charge in [0.1, 0.15) is 0 Å². The zero-order valence-corrected chi connectivity index (χ0v) is 36.6. The van der Waals surface area contributed by atoms with Gasteiger partial charge in [-0.25, -0.2) is 0 Å². The summed E-state index contributed by atoms with van der Waals surface area (Å²) in [5.74, 6) is 0. The first-order chi connectivity index (χ1) is 24.6. The van der Waals surface area contributed by atoms with Crippen molar-refractivity contribution in [2.24, 2.45) is 0 Å². The molecule has 0 aliphatic heterocycles. The van der Waals surface area contributed by atoms with E-state index in [2.05, 4.69) is 41.5 Å². The molecule has 0 unspecified atom stereocenters. The van der Waals surface area contributed by atoms with E-state index < -0.39 is 0 Å². The maximum Gasteiger partial charge on any atom is 0.0786 e. The summed E-state index contributed by atoms with van der Waals surface area (Å²) < 4.78 is 2.93. The fourth-order valence-electron chi connectivity index (χ4n) is 8.89. The Bertz CT molecular complexity index is 513. The lowest BCUT2D eigenvalue weighted by molar-refractivity contribution is -0.929. The minimum absolute atomic E-state index is 1.37. The first-order valence-corrected chi connectivity index (χ1v) is 24.3. The van der Waals surface area contributed by atoms with E-state index in [9.17, 15) is 0 Å². The van der Waals surface area contributed by atoms with Crippen LogP contribution < -0.4 is 0 Å². The van der Waals surface area contributed by atoms with Crippen molar-refractivity contribution in [3.63, 3.8) is 0 Å². The number of unbranched alkanes of at least 4 members (excludes halogenated alkanes) is 27. The highest BCUT2D eigenvalue weighted by Crippen LogP contribution is 2.22. The largest absolute Gasteiger partial charge is 0.324 e. The molecular formula is C48H102N2+2. The van der Waals surface area contributed by atoms with Gasteiger partial charge >= 0.3 is 0 Å². The summed E-state index contributed by atoms with van der Waals surface area (Å²) in [5.41, 5.74) is 0. The van der Waals surface area contributed by atoms with Crippen LogP contribution in [0.25, 0.3) is 0 Å². The molecule has 0 radical (unpaired) electrons. The Hall–Kier alpha value is -0.0800. The molecule has 0 saturated carbocycles. The molecule has 0 rings (SSSR count). The second-order valence-corrected chi connectivity index (χ2v) is 17.4. The van der Waals surface area contributed by atoms with Crippen LogP contribution in [0, 0.1) is 0 Å². The van der Waals surface area contributed by atoms with Crippen molar-refractivity contribution in [2.45, 2.75) is 260 Å². The van der Waals surface area contributed by atoms with Gasteiger partial charge in [0.25, 0.3) is 0 Å². The highest BCUT2D eigenvalue weighted by atomic mass is 15.4. The molecule has 302 valence electrons. The van der Waals surface area contributed by atoms with E-state index in [0.717, 1.165) is 0 Å². The van der Waals surface area contributed by atoms with Gasteiger partial charge in [0.2, 0.25) is 0 Å². The molecule has 0 spiro atoms. The van der Waals surface area contributed by atoms with Crippen molar-refractivity contribution in [1.29, 1.82) is 0 Å². The molecule has 0 saturated heterocycles. The zero-order chi connectivity index (χ0) is 36.7. The molecule has 0 amide bonds. The van der Waals surface area contributed by atoms with Crippen LogP contribution in [0.5, 0.6) is 0 Å². The maximum atomic E-state index is 2.37. The Labute approximate surface area is 320 Å². The standard InChI is InChI=1S/C48H102N2/c1-7-13-19-33-41-49(42-34-20-14-8-2,43-35-21-15-9-3)47-39-31-29-27-25-26-28-30-32-40-48-50(44-36-22-16-10-4,45-37-23-17-11-5)46-38-24-18-12-6/h7-48H2,1-6H3/q+2. The molecule has 0 bridgehead atoms. The van der Waals surface area contributed by atoms with Crippen LogP contribution >= 0.6 is 0 Å². The van der Waals surface area contributed by atoms with Gasteiger partial charge in [-0.3, -0.25) is 0 Å². The van der Waals surface area contributed by atoms with Crippen molar-refractivity contribution in [3.8, 4) is 0 Å². The van der Waals surface area contributed by atoms with Gasteiger partial charge in [0.15, 0.2) is 0 Å². The van der Waals surface area contributed by atoms with E-state index in [1.165, 1.54) is 280 Å². The highest BCUT2D eigenvalue weighted by Gasteiger charge is 2.27. The first kappa shape index (κ1) is 49.9. The van der Waals surface area contributed by atoms with Crippen molar-refractivity contribution in [3.05, 3.63) is 0 Å². The summed E-state index contributed by atoms with van der Waals surface area (Å²) in [7, 11) is 0. The molecule has 2 heteroatoms. The molecule has 0 aromatic heterocycles. The molecule has 0 N–H and O–H groups in total. The van der Waals surface area contributed by atoms with Crippen LogP contribution in [-0.2, 0) is 0 Å². The minimum Gasteiger partial charge on any atom is -0.324 e. The molecule has 0 atom stereocenters. The van der Waals surface area contributed by atoms with Gasteiger partial charge < -0.3 is 8.97 Å². The van der Waals surface area contributed by atoms with Gasteiger partial charge in [-0.05, 0) is 103 Å². The van der Waals surface area contributed by atoms with Crippen LogP contribution in [0.1, 0.15) is 260 Å². The van der Waals surface area contributed by atoms with E-state index in [-0.39, 0.29) is 0 Å². The highest BCUT2D eigenvalue weighted by molar-refractivity contribution is 4.56. The van der Waals surface area contributed by atoms with Crippen LogP contribution in [-0.4, -0.2) is 61.3 Å². The third-order valence-electron chi connectivity index (χ3n) is 12.4. The van der Waals surface area contributed by atoms with E-state index >= 15 is 0 Å². The fourth-order valence-corrected chi connectivity index (χ4v) is 8.89. The number of hydrogen-bond acceptors (Lipinski definition) is 0. The summed E-state index contributed by atoms with van der Waals surface area (Å²) in [6.07, 6.45) is 49.1. The van der Waals surface area contributed by atoms with Gasteiger partial charge in [0.05, 0.1) is 52.4 Å². The lowest BCUT2D eigenvalue weighted by Gasteiger charge is -2.40. The Morgan fingerprint density at radius 1 is 0.160 bits per heavy atom. The molecular weight excluding hydrogens is 605 g/mol. The third-order valence-corrected chi connectivity index (χ3v) is 12.4. The summed E-state index contributed by atoms with van der Waals surface area (Å²) in [4.78, 5) is 0. The third kappa shape index (κ3) is 30.4. The number of hydrogen-bond donors (Lipinski definition) is 0. The number of nitrogens with zero attached hydrogens (tertiary/aromatic N) is 2. The summed E-state index contributed by atoms with van der Waals surface area (Å²) in [6, 6.07) is 0.